The van der Waals surface area contributed by atoms with Crippen LogP contribution in [0.4, 0.5) is 19.0 Å². The fourth-order valence-electron chi connectivity index (χ4n) is 6.83. The molecule has 2 bridgehead atoms. The van der Waals surface area contributed by atoms with Crippen LogP contribution in [0.5, 0.6) is 11.6 Å². The zero-order valence-electron chi connectivity index (χ0n) is 24.2. The molecule has 1 saturated carbocycles. The number of carbonyl (C=O) groups is 1. The van der Waals surface area contributed by atoms with Crippen molar-refractivity contribution in [3.05, 3.63) is 54.2 Å². The van der Waals surface area contributed by atoms with Crippen molar-refractivity contribution in [1.82, 2.24) is 19.1 Å². The van der Waals surface area contributed by atoms with Crippen LogP contribution in [-0.4, -0.2) is 64.5 Å². The molecule has 2 aromatic heterocycles. The van der Waals surface area contributed by atoms with Crippen molar-refractivity contribution in [2.45, 2.75) is 75.1 Å². The summed E-state index contributed by atoms with van der Waals surface area (Å²) in [5.74, 6) is 0.621. The Bertz CT molecular complexity index is 1720. The van der Waals surface area contributed by atoms with Crippen LogP contribution in [0.3, 0.4) is 0 Å². The Morgan fingerprint density at radius 2 is 1.84 bits per heavy atom. The first-order valence-electron chi connectivity index (χ1n) is 14.7. The summed E-state index contributed by atoms with van der Waals surface area (Å²) in [5, 5.41) is 4.35. The molecule has 10 nitrogen and oxygen atoms in total. The molecule has 0 N–H and O–H groups in total. The molecular weight excluding hydrogens is 599 g/mol. The number of ether oxygens (including phenoxy) is 2. The van der Waals surface area contributed by atoms with Gasteiger partial charge < -0.3 is 14.4 Å². The summed E-state index contributed by atoms with van der Waals surface area (Å²) in [5.41, 5.74) is -2.06. The quantitative estimate of drug-likeness (QED) is 0.372. The van der Waals surface area contributed by atoms with Gasteiger partial charge >= 0.3 is 6.18 Å². The third-order valence-corrected chi connectivity index (χ3v) is 11.1. The second kappa shape index (κ2) is 9.85. The monoisotopic (exact) mass is 631 g/mol. The first-order chi connectivity index (χ1) is 20.8. The summed E-state index contributed by atoms with van der Waals surface area (Å²) in [6.07, 6.45) is -1.43. The predicted octanol–water partition coefficient (Wildman–Crippen LogP) is 5.33. The van der Waals surface area contributed by atoms with Gasteiger partial charge in [0.05, 0.1) is 29.1 Å². The van der Waals surface area contributed by atoms with Crippen molar-refractivity contribution >= 4 is 21.7 Å². The largest absolute Gasteiger partial charge is 0.494 e. The van der Waals surface area contributed by atoms with E-state index in [4.69, 9.17) is 14.5 Å². The maximum Gasteiger partial charge on any atom is 0.394 e. The fourth-order valence-corrected chi connectivity index (χ4v) is 8.40. The number of amides is 1. The third-order valence-electron chi connectivity index (χ3n) is 9.31. The van der Waals surface area contributed by atoms with Crippen LogP contribution in [0.1, 0.15) is 62.7 Å². The Balaban J connectivity index is 1.23. The molecule has 0 spiro atoms. The number of carbonyl (C=O) groups excluding carboxylic acids is 1. The van der Waals surface area contributed by atoms with E-state index in [2.05, 4.69) is 5.10 Å². The lowest BCUT2D eigenvalue weighted by atomic mass is 9.92. The summed E-state index contributed by atoms with van der Waals surface area (Å²) >= 11 is 0. The number of aromatic nitrogens is 3. The van der Waals surface area contributed by atoms with E-state index in [0.717, 1.165) is 4.31 Å². The molecule has 0 radical (unpaired) electrons. The molecule has 2 fully saturated rings. The Labute approximate surface area is 252 Å². The van der Waals surface area contributed by atoms with Gasteiger partial charge in [-0.2, -0.15) is 13.2 Å². The Morgan fingerprint density at radius 1 is 1.09 bits per heavy atom. The van der Waals surface area contributed by atoms with Gasteiger partial charge in [-0.15, -0.1) is 5.10 Å². The minimum Gasteiger partial charge on any atom is -0.494 e. The van der Waals surface area contributed by atoms with Crippen molar-refractivity contribution in [3.8, 4) is 17.4 Å². The third kappa shape index (κ3) is 4.60. The maximum atomic E-state index is 14.1. The van der Waals surface area contributed by atoms with Crippen molar-refractivity contribution in [1.29, 1.82) is 0 Å². The lowest BCUT2D eigenvalue weighted by molar-refractivity contribution is -0.190. The summed E-state index contributed by atoms with van der Waals surface area (Å²) in [6.45, 7) is 4.36. The van der Waals surface area contributed by atoms with Crippen LogP contribution >= 0.6 is 0 Å². The lowest BCUT2D eigenvalue weighted by Crippen LogP contribution is -2.60. The van der Waals surface area contributed by atoms with E-state index in [9.17, 15) is 26.4 Å². The number of benzene rings is 1. The molecule has 4 aliphatic heterocycles. The van der Waals surface area contributed by atoms with Gasteiger partial charge in [0.1, 0.15) is 17.7 Å². The number of sulfonamides is 1. The number of rotatable bonds is 5. The zero-order chi connectivity index (χ0) is 31.1. The van der Waals surface area contributed by atoms with Crippen molar-refractivity contribution in [2.24, 2.45) is 11.3 Å². The number of fused-ring (bicyclic) bond motifs is 7. The predicted molar refractivity (Wildman–Crippen MR) is 152 cm³/mol. The smallest absolute Gasteiger partial charge is 0.394 e. The molecule has 2 atom stereocenters. The van der Waals surface area contributed by atoms with E-state index < -0.39 is 39.2 Å². The molecule has 1 aliphatic carbocycles. The van der Waals surface area contributed by atoms with Crippen molar-refractivity contribution in [3.63, 3.8) is 0 Å². The van der Waals surface area contributed by atoms with Crippen LogP contribution in [0.25, 0.3) is 5.82 Å². The van der Waals surface area contributed by atoms with E-state index in [0.29, 0.717) is 43.3 Å². The molecule has 44 heavy (non-hydrogen) atoms. The first-order valence-corrected chi connectivity index (χ1v) is 16.1. The minimum absolute atomic E-state index is 0.00196. The summed E-state index contributed by atoms with van der Waals surface area (Å²) in [7, 11) is -4.23. The summed E-state index contributed by atoms with van der Waals surface area (Å²) in [6, 6.07) is 10.8. The summed E-state index contributed by atoms with van der Waals surface area (Å²) < 4.78 is 81.8. The molecule has 1 saturated heterocycles. The normalized spacial score (nSPS) is 24.5. The van der Waals surface area contributed by atoms with Gasteiger partial charge in [0.25, 0.3) is 15.9 Å². The number of anilines is 1. The van der Waals surface area contributed by atoms with E-state index >= 15 is 0 Å². The number of hydrogen-bond acceptors (Lipinski definition) is 8. The molecule has 14 heteroatoms. The topological polar surface area (TPSA) is 107 Å². The second-order valence-corrected chi connectivity index (χ2v) is 14.5. The molecule has 8 rings (SSSR count). The van der Waals surface area contributed by atoms with Gasteiger partial charge in [-0.3, -0.25) is 4.79 Å². The Hall–Kier alpha value is -3.81. The van der Waals surface area contributed by atoms with Crippen LogP contribution < -0.4 is 14.4 Å². The van der Waals surface area contributed by atoms with Crippen LogP contribution in [0, 0.1) is 11.3 Å². The molecule has 234 valence electrons. The van der Waals surface area contributed by atoms with Crippen LogP contribution in [0.2, 0.25) is 0 Å². The van der Waals surface area contributed by atoms with Gasteiger partial charge in [0.2, 0.25) is 5.88 Å². The van der Waals surface area contributed by atoms with Gasteiger partial charge in [0, 0.05) is 23.7 Å². The average molecular weight is 632 g/mol. The number of nitrogens with zero attached hydrogens (tertiary/aromatic N) is 5. The molecule has 5 aliphatic rings. The molecular formula is C30H32F3N5O5S. The fraction of sp³-hybridized carbons (Fsp3) is 0.500. The van der Waals surface area contributed by atoms with Crippen LogP contribution in [0.15, 0.2) is 53.6 Å². The standard InChI is InChI=1S/C30H32F3N5O5S/c1-28(2)18-19-4-3-16-42-20-5-7-21(8-6-20)44(40,41)38-26(19)37(28)25-22(27(38)39)9-10-23(34-25)36-15-11-24(35-36)43-17-14-29(12-13-29)30(31,32)33/h5-11,15,19,26H,3-4,12-14,16-18H2,1-2H3. The Kier molecular flexibility index (Phi) is 6.47. The van der Waals surface area contributed by atoms with Gasteiger partial charge in [-0.05, 0) is 88.8 Å². The average Bonchev–Trinajstić information content (AvgIpc) is 3.54. The number of alkyl halides is 3. The number of hydrogen-bond donors (Lipinski definition) is 0. The minimum atomic E-state index is -4.25. The molecule has 2 unspecified atom stereocenters. The highest BCUT2D eigenvalue weighted by Crippen LogP contribution is 2.60. The van der Waals surface area contributed by atoms with Crippen LogP contribution in [-0.2, 0) is 10.0 Å². The highest BCUT2D eigenvalue weighted by molar-refractivity contribution is 7.89. The summed E-state index contributed by atoms with van der Waals surface area (Å²) in [4.78, 5) is 20.8. The molecule has 1 amide bonds. The van der Waals surface area contributed by atoms with Gasteiger partial charge in [0.15, 0.2) is 5.82 Å². The second-order valence-electron chi connectivity index (χ2n) is 12.6. The van der Waals surface area contributed by atoms with Gasteiger partial charge in [-0.1, -0.05) is 0 Å². The molecule has 3 aromatic rings. The highest BCUT2D eigenvalue weighted by Gasteiger charge is 2.62. The first kappa shape index (κ1) is 28.9. The van der Waals surface area contributed by atoms with E-state index in [1.807, 2.05) is 18.7 Å². The molecule has 6 heterocycles. The van der Waals surface area contributed by atoms with E-state index in [1.165, 1.54) is 16.8 Å². The SMILES string of the molecule is CC1(C)CC2CCCOc3ccc(cc3)S(=O)(=O)N3C(=O)c4ccc(-n5ccc(OCCC6(C(F)(F)F)CC6)n5)nc4N1C23. The lowest BCUT2D eigenvalue weighted by Gasteiger charge is -2.46. The number of halogens is 3. The van der Waals surface area contributed by atoms with Crippen molar-refractivity contribution in [2.75, 3.05) is 18.1 Å². The van der Waals surface area contributed by atoms with Crippen molar-refractivity contribution < 1.29 is 35.9 Å². The zero-order valence-corrected chi connectivity index (χ0v) is 25.1. The maximum absolute atomic E-state index is 14.1. The van der Waals surface area contributed by atoms with E-state index in [-0.39, 0.29) is 48.1 Å². The Morgan fingerprint density at radius 3 is 2.55 bits per heavy atom. The van der Waals surface area contributed by atoms with Gasteiger partial charge in [-0.25, -0.2) is 22.4 Å². The highest BCUT2D eigenvalue weighted by atomic mass is 32.2. The van der Waals surface area contributed by atoms with E-state index in [1.54, 1.807) is 36.5 Å². The molecule has 1 aromatic carbocycles. The number of pyridine rings is 1.